The van der Waals surface area contributed by atoms with Crippen molar-refractivity contribution in [1.29, 1.82) is 0 Å². The fraction of sp³-hybridized carbons (Fsp3) is 0.423. The predicted octanol–water partition coefficient (Wildman–Crippen LogP) is 2.59. The summed E-state index contributed by atoms with van der Waals surface area (Å²) in [4.78, 5) is 30.4. The number of nitrogens with one attached hydrogen (secondary N) is 2. The molecule has 1 aliphatic heterocycles. The first-order chi connectivity index (χ1) is 18.4. The van der Waals surface area contributed by atoms with Gasteiger partial charge in [0, 0.05) is 69.1 Å². The van der Waals surface area contributed by atoms with Crippen molar-refractivity contribution in [1.82, 2.24) is 29.5 Å². The Morgan fingerprint density at radius 2 is 2.00 bits per heavy atom. The number of carbonyl (C=O) groups excluding carboxylic acids is 1. The van der Waals surface area contributed by atoms with Gasteiger partial charge in [0.1, 0.15) is 11.6 Å². The second-order valence-electron chi connectivity index (χ2n) is 10.00. The number of hydrogen-bond acceptors (Lipinski definition) is 9. The lowest BCUT2D eigenvalue weighted by Gasteiger charge is -2.25. The molecular formula is C26H30FN9O2. The molecule has 4 aromatic rings. The number of carbonyl (C=O) groups is 1. The summed E-state index contributed by atoms with van der Waals surface area (Å²) in [7, 11) is 5.63. The van der Waals surface area contributed by atoms with Gasteiger partial charge in [-0.25, -0.2) is 23.9 Å². The number of ether oxygens (including phenoxy) is 1. The van der Waals surface area contributed by atoms with Gasteiger partial charge in [0.2, 0.25) is 0 Å². The summed E-state index contributed by atoms with van der Waals surface area (Å²) in [5, 5.41) is 11.9. The Morgan fingerprint density at radius 3 is 2.76 bits per heavy atom. The van der Waals surface area contributed by atoms with Crippen molar-refractivity contribution in [2.45, 2.75) is 24.6 Å². The number of nitrogens with zero attached hydrogens (tertiary/aromatic N) is 7. The molecule has 2 N–H and O–H groups in total. The van der Waals surface area contributed by atoms with E-state index in [-0.39, 0.29) is 24.8 Å². The zero-order chi connectivity index (χ0) is 26.4. The van der Waals surface area contributed by atoms with E-state index in [2.05, 4.69) is 43.5 Å². The second kappa shape index (κ2) is 9.44. The SMILES string of the molecule is CNc1ncc(-c2nc3ccc(N4CCN(C)CC(OC)C4)cn3n2)c2cc(NC(=O)C3(F)CC3)ncc12. The summed E-state index contributed by atoms with van der Waals surface area (Å²) >= 11 is 0. The van der Waals surface area contributed by atoms with Crippen LogP contribution in [0.2, 0.25) is 0 Å². The molecule has 0 spiro atoms. The molecule has 1 amide bonds. The third-order valence-corrected chi connectivity index (χ3v) is 7.29. The van der Waals surface area contributed by atoms with Gasteiger partial charge in [-0.3, -0.25) is 4.79 Å². The molecule has 1 atom stereocenters. The summed E-state index contributed by atoms with van der Waals surface area (Å²) in [6.45, 7) is 3.49. The first-order valence-electron chi connectivity index (χ1n) is 12.7. The van der Waals surface area contributed by atoms with Crippen LogP contribution in [0.5, 0.6) is 0 Å². The number of fused-ring (bicyclic) bond motifs is 2. The molecule has 2 aliphatic rings. The quantitative estimate of drug-likeness (QED) is 0.397. The van der Waals surface area contributed by atoms with Gasteiger partial charge >= 0.3 is 0 Å². The Hall–Kier alpha value is -3.90. The largest absolute Gasteiger partial charge is 0.378 e. The first kappa shape index (κ1) is 24.4. The van der Waals surface area contributed by atoms with Crippen molar-refractivity contribution >= 4 is 39.6 Å². The fourth-order valence-corrected chi connectivity index (χ4v) is 4.83. The van der Waals surface area contributed by atoms with Gasteiger partial charge in [-0.05, 0) is 38.1 Å². The van der Waals surface area contributed by atoms with Gasteiger partial charge in [0.15, 0.2) is 17.1 Å². The zero-order valence-electron chi connectivity index (χ0n) is 21.6. The van der Waals surface area contributed by atoms with Crippen LogP contribution in [0.4, 0.5) is 21.7 Å². The molecule has 0 radical (unpaired) electrons. The smallest absolute Gasteiger partial charge is 0.263 e. The van der Waals surface area contributed by atoms with E-state index in [0.29, 0.717) is 22.9 Å². The third kappa shape index (κ3) is 4.50. The highest BCUT2D eigenvalue weighted by atomic mass is 19.1. The lowest BCUT2D eigenvalue weighted by Crippen LogP contribution is -2.34. The van der Waals surface area contributed by atoms with Crippen LogP contribution in [-0.2, 0) is 9.53 Å². The van der Waals surface area contributed by atoms with Crippen LogP contribution in [0.3, 0.4) is 0 Å². The van der Waals surface area contributed by atoms with Gasteiger partial charge in [-0.1, -0.05) is 0 Å². The maximum atomic E-state index is 14.2. The number of aromatic nitrogens is 5. The van der Waals surface area contributed by atoms with Crippen LogP contribution >= 0.6 is 0 Å². The number of rotatable bonds is 6. The number of pyridine rings is 3. The molecule has 0 bridgehead atoms. The Bertz CT molecular complexity index is 1520. The molecule has 5 heterocycles. The average molecular weight is 520 g/mol. The monoisotopic (exact) mass is 519 g/mol. The molecular weight excluding hydrogens is 489 g/mol. The molecule has 1 aliphatic carbocycles. The van der Waals surface area contributed by atoms with Gasteiger partial charge in [0.25, 0.3) is 5.91 Å². The lowest BCUT2D eigenvalue weighted by atomic mass is 10.1. The van der Waals surface area contributed by atoms with Crippen molar-refractivity contribution in [2.75, 3.05) is 62.9 Å². The fourth-order valence-electron chi connectivity index (χ4n) is 4.83. The highest BCUT2D eigenvalue weighted by molar-refractivity contribution is 6.04. The Balaban J connectivity index is 1.37. The highest BCUT2D eigenvalue weighted by Crippen LogP contribution is 2.41. The molecule has 38 heavy (non-hydrogen) atoms. The lowest BCUT2D eigenvalue weighted by molar-refractivity contribution is -0.122. The summed E-state index contributed by atoms with van der Waals surface area (Å²) in [5.74, 6) is 0.719. The second-order valence-corrected chi connectivity index (χ2v) is 10.00. The van der Waals surface area contributed by atoms with Crippen LogP contribution in [0.15, 0.2) is 36.8 Å². The van der Waals surface area contributed by atoms with Gasteiger partial charge in [-0.15, -0.1) is 5.10 Å². The topological polar surface area (TPSA) is 113 Å². The molecule has 4 aromatic heterocycles. The molecule has 0 aromatic carbocycles. The van der Waals surface area contributed by atoms with E-state index in [0.717, 1.165) is 42.6 Å². The molecule has 198 valence electrons. The van der Waals surface area contributed by atoms with Crippen molar-refractivity contribution in [3.05, 3.63) is 36.8 Å². The van der Waals surface area contributed by atoms with Gasteiger partial charge in [-0.2, -0.15) is 0 Å². The van der Waals surface area contributed by atoms with Crippen molar-refractivity contribution in [2.24, 2.45) is 0 Å². The van der Waals surface area contributed by atoms with E-state index in [1.165, 1.54) is 0 Å². The van der Waals surface area contributed by atoms with Crippen molar-refractivity contribution < 1.29 is 13.9 Å². The number of anilines is 3. The Morgan fingerprint density at radius 1 is 1.16 bits per heavy atom. The molecule has 12 heteroatoms. The average Bonchev–Trinajstić information content (AvgIpc) is 3.59. The number of methoxy groups -OCH3 is 1. The summed E-state index contributed by atoms with van der Waals surface area (Å²) < 4.78 is 21.7. The van der Waals surface area contributed by atoms with Crippen LogP contribution in [0, 0.1) is 0 Å². The molecule has 1 unspecified atom stereocenters. The molecule has 1 saturated heterocycles. The minimum absolute atomic E-state index is 0.114. The Kier molecular flexibility index (Phi) is 6.07. The summed E-state index contributed by atoms with van der Waals surface area (Å²) in [6.07, 6.45) is 5.87. The number of alkyl halides is 1. The van der Waals surface area contributed by atoms with Crippen LogP contribution in [-0.4, -0.2) is 94.5 Å². The van der Waals surface area contributed by atoms with E-state index in [9.17, 15) is 9.18 Å². The van der Waals surface area contributed by atoms with E-state index in [4.69, 9.17) is 14.8 Å². The van der Waals surface area contributed by atoms with Crippen LogP contribution in [0.1, 0.15) is 12.8 Å². The van der Waals surface area contributed by atoms with Gasteiger partial charge in [0.05, 0.1) is 18.0 Å². The van der Waals surface area contributed by atoms with Gasteiger partial charge < -0.3 is 25.2 Å². The van der Waals surface area contributed by atoms with E-state index < -0.39 is 11.6 Å². The van der Waals surface area contributed by atoms with Crippen LogP contribution < -0.4 is 15.5 Å². The number of hydrogen-bond donors (Lipinski definition) is 2. The number of likely N-dealkylation sites (N-methyl/N-ethyl adjacent to an activating group) is 1. The Labute approximate surface area is 219 Å². The maximum Gasteiger partial charge on any atom is 0.263 e. The highest BCUT2D eigenvalue weighted by Gasteiger charge is 2.51. The summed E-state index contributed by atoms with van der Waals surface area (Å²) in [5.41, 5.74) is 0.620. The minimum atomic E-state index is -1.79. The molecule has 1 saturated carbocycles. The van der Waals surface area contributed by atoms with Crippen molar-refractivity contribution in [3.63, 3.8) is 0 Å². The summed E-state index contributed by atoms with van der Waals surface area (Å²) in [6, 6.07) is 5.71. The molecule has 6 rings (SSSR count). The van der Waals surface area contributed by atoms with E-state index >= 15 is 0 Å². The molecule has 11 nitrogen and oxygen atoms in total. The maximum absolute atomic E-state index is 14.2. The van der Waals surface area contributed by atoms with Crippen molar-refractivity contribution in [3.8, 4) is 11.4 Å². The predicted molar refractivity (Wildman–Crippen MR) is 143 cm³/mol. The van der Waals surface area contributed by atoms with Crippen LogP contribution in [0.25, 0.3) is 27.8 Å². The van der Waals surface area contributed by atoms with E-state index in [1.54, 1.807) is 37.1 Å². The number of amides is 1. The third-order valence-electron chi connectivity index (χ3n) is 7.29. The normalized spacial score (nSPS) is 19.5. The number of halogens is 1. The standard InChI is InChI=1S/C26H30FN9O2/c1-28-23-19-11-29-21(31-25(37)26(27)6-7-26)10-18(19)20(12-30-23)24-32-22-5-4-16(13-36(22)33-24)35-9-8-34(2)14-17(15-35)38-3/h4-5,10-13,17H,6-9,14-15H2,1-3H3,(H,28,30)(H,29,31,37). The minimum Gasteiger partial charge on any atom is -0.378 e. The zero-order valence-corrected chi connectivity index (χ0v) is 21.6. The van der Waals surface area contributed by atoms with E-state index in [1.807, 2.05) is 12.3 Å². The molecule has 2 fully saturated rings. The first-order valence-corrected chi connectivity index (χ1v) is 12.7.